The Morgan fingerprint density at radius 1 is 1.28 bits per heavy atom. The average Bonchev–Trinajstić information content (AvgIpc) is 2.79. The number of halogens is 2. The topological polar surface area (TPSA) is 48.4 Å². The van der Waals surface area contributed by atoms with E-state index in [2.05, 4.69) is 31.9 Å². The number of furan rings is 1. The summed E-state index contributed by atoms with van der Waals surface area (Å²) in [6.45, 7) is 0. The molecule has 0 amide bonds. The summed E-state index contributed by atoms with van der Waals surface area (Å²) in [4.78, 5) is 0. The maximum Gasteiger partial charge on any atom is 0.169 e. The van der Waals surface area contributed by atoms with E-state index in [1.807, 2.05) is 30.3 Å². The van der Waals surface area contributed by atoms with Crippen LogP contribution in [0.2, 0.25) is 0 Å². The normalized spacial score (nSPS) is 12.4. The van der Waals surface area contributed by atoms with Crippen molar-refractivity contribution < 1.29 is 9.15 Å². The van der Waals surface area contributed by atoms with Gasteiger partial charge in [-0.2, -0.15) is 0 Å². The summed E-state index contributed by atoms with van der Waals surface area (Å²) in [6, 6.07) is 9.38. The monoisotopic (exact) mass is 373 g/mol. The van der Waals surface area contributed by atoms with Crippen LogP contribution in [0.4, 0.5) is 0 Å². The third-order valence-electron chi connectivity index (χ3n) is 2.65. The first-order chi connectivity index (χ1) is 8.60. The molecule has 1 atom stereocenters. The lowest BCUT2D eigenvalue weighted by molar-refractivity contribution is 0.413. The van der Waals surface area contributed by atoms with Gasteiger partial charge in [-0.05, 0) is 58.2 Å². The summed E-state index contributed by atoms with van der Waals surface area (Å²) in [5, 5.41) is 0. The van der Waals surface area contributed by atoms with E-state index < -0.39 is 0 Å². The Hall–Kier alpha value is -0.780. The fourth-order valence-corrected chi connectivity index (χ4v) is 2.43. The number of nitrogens with two attached hydrogens (primary N) is 1. The van der Waals surface area contributed by atoms with E-state index in [4.69, 9.17) is 14.9 Å². The number of hydrogen-bond acceptors (Lipinski definition) is 3. The maximum atomic E-state index is 6.12. The second-order valence-corrected chi connectivity index (χ2v) is 5.55. The molecule has 2 aromatic rings. The molecule has 2 rings (SSSR count). The van der Waals surface area contributed by atoms with Crippen molar-refractivity contribution in [1.82, 2.24) is 0 Å². The van der Waals surface area contributed by atoms with Crippen LogP contribution in [0.5, 0.6) is 5.75 Å². The van der Waals surface area contributed by atoms with Gasteiger partial charge in [0.2, 0.25) is 0 Å². The number of benzene rings is 1. The minimum atomic E-state index is -0.181. The van der Waals surface area contributed by atoms with Gasteiger partial charge in [-0.3, -0.25) is 0 Å². The molecule has 1 aromatic carbocycles. The molecule has 18 heavy (non-hydrogen) atoms. The fraction of sp³-hybridized carbons (Fsp3) is 0.231. The maximum absolute atomic E-state index is 6.12. The average molecular weight is 375 g/mol. The Balaban J connectivity index is 2.18. The van der Waals surface area contributed by atoms with Crippen molar-refractivity contribution in [2.75, 3.05) is 7.11 Å². The highest BCUT2D eigenvalue weighted by molar-refractivity contribution is 9.10. The van der Waals surface area contributed by atoms with E-state index >= 15 is 0 Å². The first-order valence-corrected chi connectivity index (χ1v) is 7.02. The van der Waals surface area contributed by atoms with E-state index in [1.54, 1.807) is 7.11 Å². The van der Waals surface area contributed by atoms with Crippen LogP contribution in [-0.4, -0.2) is 7.11 Å². The van der Waals surface area contributed by atoms with Crippen LogP contribution >= 0.6 is 31.9 Å². The predicted octanol–water partition coefficient (Wildman–Crippen LogP) is 4.06. The van der Waals surface area contributed by atoms with Gasteiger partial charge >= 0.3 is 0 Å². The van der Waals surface area contributed by atoms with E-state index in [9.17, 15) is 0 Å². The van der Waals surface area contributed by atoms with Gasteiger partial charge in [0.15, 0.2) is 4.67 Å². The highest BCUT2D eigenvalue weighted by Gasteiger charge is 2.13. The summed E-state index contributed by atoms with van der Waals surface area (Å²) < 4.78 is 12.4. The lowest BCUT2D eigenvalue weighted by Gasteiger charge is -2.11. The largest absolute Gasteiger partial charge is 0.497 e. The molecule has 0 spiro atoms. The van der Waals surface area contributed by atoms with Gasteiger partial charge in [0, 0.05) is 4.47 Å². The van der Waals surface area contributed by atoms with Crippen LogP contribution in [-0.2, 0) is 6.42 Å². The Labute approximate surface area is 123 Å². The lowest BCUT2D eigenvalue weighted by Crippen LogP contribution is -2.12. The van der Waals surface area contributed by atoms with Crippen LogP contribution in [0.3, 0.4) is 0 Å². The van der Waals surface area contributed by atoms with Gasteiger partial charge in [-0.1, -0.05) is 15.9 Å². The molecule has 0 fully saturated rings. The highest BCUT2D eigenvalue weighted by Crippen LogP contribution is 2.27. The summed E-state index contributed by atoms with van der Waals surface area (Å²) >= 11 is 6.79. The highest BCUT2D eigenvalue weighted by atomic mass is 79.9. The van der Waals surface area contributed by atoms with Gasteiger partial charge < -0.3 is 14.9 Å². The second kappa shape index (κ2) is 5.91. The van der Waals surface area contributed by atoms with E-state index in [-0.39, 0.29) is 6.04 Å². The zero-order valence-corrected chi connectivity index (χ0v) is 13.0. The molecular formula is C13H13Br2NO2. The SMILES string of the molecule is COc1ccc(Br)c(CC(N)c2ccc(Br)o2)c1. The van der Waals surface area contributed by atoms with Gasteiger partial charge in [0.05, 0.1) is 13.2 Å². The second-order valence-electron chi connectivity index (χ2n) is 3.91. The number of methoxy groups -OCH3 is 1. The molecule has 5 heteroatoms. The molecule has 0 saturated heterocycles. The van der Waals surface area contributed by atoms with Crippen molar-refractivity contribution >= 4 is 31.9 Å². The summed E-state index contributed by atoms with van der Waals surface area (Å²) in [5.41, 5.74) is 7.22. The Kier molecular flexibility index (Phi) is 4.48. The molecule has 0 saturated carbocycles. The molecule has 96 valence electrons. The first kappa shape index (κ1) is 13.6. The number of ether oxygens (including phenoxy) is 1. The molecule has 0 aliphatic heterocycles. The third kappa shape index (κ3) is 3.16. The standard InChI is InChI=1S/C13H13Br2NO2/c1-17-9-2-3-10(14)8(6-9)7-11(16)12-4-5-13(15)18-12/h2-6,11H,7,16H2,1H3. The van der Waals surface area contributed by atoms with Gasteiger partial charge in [0.25, 0.3) is 0 Å². The van der Waals surface area contributed by atoms with Gasteiger partial charge in [-0.15, -0.1) is 0 Å². The lowest BCUT2D eigenvalue weighted by atomic mass is 10.0. The molecule has 0 bridgehead atoms. The Bertz CT molecular complexity index is 540. The first-order valence-electron chi connectivity index (χ1n) is 5.43. The zero-order valence-electron chi connectivity index (χ0n) is 9.82. The van der Waals surface area contributed by atoms with Crippen molar-refractivity contribution in [3.8, 4) is 5.75 Å². The molecule has 3 nitrogen and oxygen atoms in total. The van der Waals surface area contributed by atoms with Crippen molar-refractivity contribution in [3.63, 3.8) is 0 Å². The minimum absolute atomic E-state index is 0.181. The quantitative estimate of drug-likeness (QED) is 0.877. The number of rotatable bonds is 4. The van der Waals surface area contributed by atoms with Crippen molar-refractivity contribution in [2.45, 2.75) is 12.5 Å². The summed E-state index contributed by atoms with van der Waals surface area (Å²) in [7, 11) is 1.65. The van der Waals surface area contributed by atoms with Crippen LogP contribution < -0.4 is 10.5 Å². The van der Waals surface area contributed by atoms with Crippen LogP contribution in [0, 0.1) is 0 Å². The molecule has 2 N–H and O–H groups in total. The van der Waals surface area contributed by atoms with E-state index in [1.165, 1.54) is 0 Å². The molecule has 1 aromatic heterocycles. The van der Waals surface area contributed by atoms with Crippen LogP contribution in [0.1, 0.15) is 17.4 Å². The van der Waals surface area contributed by atoms with E-state index in [0.29, 0.717) is 11.1 Å². The Morgan fingerprint density at radius 2 is 2.06 bits per heavy atom. The predicted molar refractivity (Wildman–Crippen MR) is 77.7 cm³/mol. The fourth-order valence-electron chi connectivity index (χ4n) is 1.70. The molecular weight excluding hydrogens is 362 g/mol. The van der Waals surface area contributed by atoms with Crippen molar-refractivity contribution in [1.29, 1.82) is 0 Å². The Morgan fingerprint density at radius 3 is 2.67 bits per heavy atom. The van der Waals surface area contributed by atoms with Crippen LogP contribution in [0.25, 0.3) is 0 Å². The third-order valence-corrected chi connectivity index (χ3v) is 3.85. The smallest absolute Gasteiger partial charge is 0.169 e. The van der Waals surface area contributed by atoms with Gasteiger partial charge in [-0.25, -0.2) is 0 Å². The van der Waals surface area contributed by atoms with Crippen LogP contribution in [0.15, 0.2) is 43.9 Å². The molecule has 0 radical (unpaired) electrons. The van der Waals surface area contributed by atoms with Gasteiger partial charge in [0.1, 0.15) is 11.5 Å². The van der Waals surface area contributed by atoms with E-state index in [0.717, 1.165) is 21.5 Å². The number of hydrogen-bond donors (Lipinski definition) is 1. The molecule has 0 aliphatic rings. The molecule has 1 unspecified atom stereocenters. The minimum Gasteiger partial charge on any atom is -0.497 e. The molecule has 1 heterocycles. The zero-order chi connectivity index (χ0) is 13.1. The van der Waals surface area contributed by atoms with Crippen molar-refractivity contribution in [3.05, 3.63) is 50.8 Å². The molecule has 0 aliphatic carbocycles. The van der Waals surface area contributed by atoms with Crippen molar-refractivity contribution in [2.24, 2.45) is 5.73 Å². The summed E-state index contributed by atoms with van der Waals surface area (Å²) in [6.07, 6.45) is 0.678. The summed E-state index contributed by atoms with van der Waals surface area (Å²) in [5.74, 6) is 1.58.